The lowest BCUT2D eigenvalue weighted by atomic mass is 9.89. The number of unbranched alkanes of at least 4 members (excludes halogenated alkanes) is 2. The van der Waals surface area contributed by atoms with Crippen molar-refractivity contribution in [3.63, 3.8) is 0 Å². The van der Waals surface area contributed by atoms with Crippen LogP contribution in [0, 0.1) is 23.7 Å². The fourth-order valence-electron chi connectivity index (χ4n) is 11.9. The van der Waals surface area contributed by atoms with Gasteiger partial charge in [-0.25, -0.2) is 9.59 Å². The molecule has 2 aliphatic rings. The molecule has 0 unspecified atom stereocenters. The maximum Gasteiger partial charge on any atom is 0.410 e. The van der Waals surface area contributed by atoms with Crippen molar-refractivity contribution in [2.24, 2.45) is 29.4 Å². The van der Waals surface area contributed by atoms with E-state index < -0.39 is 120 Å². The van der Waals surface area contributed by atoms with Crippen LogP contribution in [0.5, 0.6) is 0 Å². The van der Waals surface area contributed by atoms with Crippen molar-refractivity contribution >= 4 is 71.0 Å². The molecule has 2 aromatic carbocycles. The van der Waals surface area contributed by atoms with E-state index in [1.54, 1.807) is 102 Å². The molecule has 0 bridgehead atoms. The molecule has 1 fully saturated rings. The van der Waals surface area contributed by atoms with Gasteiger partial charge < -0.3 is 66.8 Å². The van der Waals surface area contributed by atoms with Gasteiger partial charge in [-0.3, -0.25) is 53.0 Å². The van der Waals surface area contributed by atoms with Crippen molar-refractivity contribution < 1.29 is 72.1 Å². The topological polar surface area (TPSA) is 347 Å². The SMILES string of the molecule is C=C(C)[C@H](NC(=O)CCCCCN1C(=O)C=CC1=O)C(=O)N[C@@H](CCCNC(N)=O)C(=O)Nc1ccc(COC(=O)N(C)[C@H](C(=O)N[C@H](C(=O)N(C)[C@@H]([C@@H](C)CC)[C@@H](CC(=O)N2CCC[C@H]2[C@H](OC)[C@@H](C)C(=O)N[C@H](C)[C@@H](O)c2ccccc2)OC)C(C)C)C(C)C)cc1. The van der Waals surface area contributed by atoms with Crippen molar-refractivity contribution in [2.75, 3.05) is 53.3 Å². The third-order valence-corrected chi connectivity index (χ3v) is 17.5. The minimum atomic E-state index is -1.20. The Labute approximate surface area is 553 Å². The van der Waals surface area contributed by atoms with Crippen LogP contribution in [0.1, 0.15) is 144 Å². The number of urea groups is 1. The molecule has 26 nitrogen and oxygen atoms in total. The maximum absolute atomic E-state index is 14.8. The van der Waals surface area contributed by atoms with Gasteiger partial charge in [-0.15, -0.1) is 0 Å². The third kappa shape index (κ3) is 22.8. The van der Waals surface area contributed by atoms with Gasteiger partial charge in [0, 0.05) is 72.2 Å². The fourth-order valence-corrected chi connectivity index (χ4v) is 11.9. The number of nitrogens with one attached hydrogen (secondary N) is 6. The number of primary amides is 1. The van der Waals surface area contributed by atoms with Gasteiger partial charge in [-0.05, 0) is 99.0 Å². The van der Waals surface area contributed by atoms with Gasteiger partial charge in [0.2, 0.25) is 41.4 Å². The number of likely N-dealkylation sites (tertiary alicyclic amines) is 1. The Hall–Kier alpha value is -8.23. The molecule has 12 amide bonds. The number of rotatable bonds is 38. The second-order valence-corrected chi connectivity index (χ2v) is 25.3. The molecule has 0 spiro atoms. The summed E-state index contributed by atoms with van der Waals surface area (Å²) in [5.74, 6) is -5.88. The highest BCUT2D eigenvalue weighted by Crippen LogP contribution is 2.31. The van der Waals surface area contributed by atoms with E-state index in [0.717, 1.165) is 4.90 Å². The van der Waals surface area contributed by atoms with Crippen LogP contribution in [0.2, 0.25) is 0 Å². The van der Waals surface area contributed by atoms with Gasteiger partial charge in [0.1, 0.15) is 30.8 Å². The van der Waals surface area contributed by atoms with E-state index in [1.807, 2.05) is 32.0 Å². The van der Waals surface area contributed by atoms with Crippen LogP contribution >= 0.6 is 0 Å². The number of hydrogen-bond acceptors (Lipinski definition) is 15. The molecule has 0 aliphatic carbocycles. The Morgan fingerprint density at radius 2 is 1.41 bits per heavy atom. The van der Waals surface area contributed by atoms with Crippen molar-refractivity contribution in [3.05, 3.63) is 90.0 Å². The number of nitrogens with zero attached hydrogens (tertiary/aromatic N) is 4. The largest absolute Gasteiger partial charge is 0.445 e. The van der Waals surface area contributed by atoms with Crippen LogP contribution < -0.4 is 37.6 Å². The maximum atomic E-state index is 14.8. The summed E-state index contributed by atoms with van der Waals surface area (Å²) in [7, 11) is 6.07. The van der Waals surface area contributed by atoms with Crippen molar-refractivity contribution in [1.29, 1.82) is 0 Å². The number of carbonyl (C=O) groups excluding carboxylic acids is 11. The van der Waals surface area contributed by atoms with Crippen molar-refractivity contribution in [1.82, 2.24) is 46.2 Å². The summed E-state index contributed by atoms with van der Waals surface area (Å²) in [4.78, 5) is 152. The Morgan fingerprint density at radius 3 is 1.99 bits per heavy atom. The number of amides is 12. The minimum Gasteiger partial charge on any atom is -0.445 e. The van der Waals surface area contributed by atoms with Gasteiger partial charge in [0.05, 0.1) is 48.8 Å². The van der Waals surface area contributed by atoms with Crippen molar-refractivity contribution in [2.45, 2.75) is 194 Å². The molecule has 26 heteroatoms. The lowest BCUT2D eigenvalue weighted by Crippen LogP contribution is -2.60. The van der Waals surface area contributed by atoms with E-state index in [0.29, 0.717) is 67.5 Å². The normalized spacial score (nSPS) is 17.3. The zero-order valence-electron chi connectivity index (χ0n) is 57.1. The standard InChI is InChI=1S/C68H103N11O15/c1-15-43(8)59(51(92-13)38-55(83)78-37-23-27-50(78)61(93-14)44(9)62(85)71-45(10)60(84)47-24-18-16-19-25-47)76(11)66(89)57(41(4)5)75-65(88)58(42(6)7)77(12)68(91)94-39-46-29-31-48(32-30-46)72-63(86)49(26-22-35-70-67(69)90)73-64(87)56(40(2)3)74-52(80)28-20-17-21-36-79-53(81)33-34-54(79)82/h16,18-19,24-25,29-34,41-45,49-51,56-61,84H,2,15,17,20-23,26-28,35-39H2,1,3-14H3,(H,71,85)(H,72,86)(H,73,87)(H,74,80)(H,75,88)(H3,69,70,90)/t43-,44+,45+,49-,50-,51+,56-,57-,58-,59-,60+,61+/m0/s1. The van der Waals surface area contributed by atoms with Gasteiger partial charge in [0.25, 0.3) is 11.8 Å². The second kappa shape index (κ2) is 38.2. The van der Waals surface area contributed by atoms with Crippen molar-refractivity contribution in [3.8, 4) is 0 Å². The van der Waals surface area contributed by atoms with Crippen LogP contribution in [0.4, 0.5) is 15.3 Å². The van der Waals surface area contributed by atoms with E-state index >= 15 is 0 Å². The number of nitrogens with two attached hydrogens (primary N) is 1. The molecule has 0 aromatic heterocycles. The van der Waals surface area contributed by atoms with Gasteiger partial charge in [-0.2, -0.15) is 0 Å². The summed E-state index contributed by atoms with van der Waals surface area (Å²) in [6, 6.07) is 8.42. The van der Waals surface area contributed by atoms with Gasteiger partial charge in [-0.1, -0.05) is 110 Å². The molecule has 9 N–H and O–H groups in total. The Morgan fingerprint density at radius 1 is 0.766 bits per heavy atom. The molecule has 12 atom stereocenters. The third-order valence-electron chi connectivity index (χ3n) is 17.5. The molecule has 0 radical (unpaired) electrons. The first-order chi connectivity index (χ1) is 44.5. The first-order valence-electron chi connectivity index (χ1n) is 32.5. The fraction of sp³-hybridized carbons (Fsp3) is 0.603. The molecule has 0 saturated carbocycles. The average Bonchev–Trinajstić information content (AvgIpc) is 1.38. The summed E-state index contributed by atoms with van der Waals surface area (Å²) < 4.78 is 17.7. The summed E-state index contributed by atoms with van der Waals surface area (Å²) >= 11 is 0. The summed E-state index contributed by atoms with van der Waals surface area (Å²) in [5, 5.41) is 27.4. The van der Waals surface area contributed by atoms with Gasteiger partial charge >= 0.3 is 12.1 Å². The number of hydrogen-bond donors (Lipinski definition) is 8. The molecular weight excluding hydrogens is 1210 g/mol. The molecule has 2 aromatic rings. The average molecular weight is 1310 g/mol. The number of benzene rings is 2. The number of methoxy groups -OCH3 is 2. The molecule has 2 heterocycles. The number of imide groups is 1. The zero-order chi connectivity index (χ0) is 70.1. The van der Waals surface area contributed by atoms with E-state index in [9.17, 15) is 57.8 Å². The summed E-state index contributed by atoms with van der Waals surface area (Å²) in [6.07, 6.45) is 2.74. The highest BCUT2D eigenvalue weighted by Gasteiger charge is 2.44. The molecule has 520 valence electrons. The number of aliphatic hydroxyl groups excluding tert-OH is 1. The van der Waals surface area contributed by atoms with Crippen LogP contribution in [0.25, 0.3) is 0 Å². The Bertz CT molecular complexity index is 2930. The number of aliphatic hydroxyl groups is 1. The summed E-state index contributed by atoms with van der Waals surface area (Å²) in [5.41, 5.74) is 7.03. The van der Waals surface area contributed by atoms with E-state index in [1.165, 1.54) is 38.3 Å². The zero-order valence-corrected chi connectivity index (χ0v) is 57.1. The number of likely N-dealkylation sites (N-methyl/N-ethyl adjacent to an activating group) is 2. The molecule has 94 heavy (non-hydrogen) atoms. The second-order valence-electron chi connectivity index (χ2n) is 25.3. The van der Waals surface area contributed by atoms with Gasteiger partial charge in [0.15, 0.2) is 0 Å². The molecule has 1 saturated heterocycles. The van der Waals surface area contributed by atoms with Crippen LogP contribution in [-0.4, -0.2) is 192 Å². The lowest BCUT2D eigenvalue weighted by Gasteiger charge is -2.41. The van der Waals surface area contributed by atoms with E-state index in [-0.39, 0.29) is 74.9 Å². The van der Waals surface area contributed by atoms with Crippen LogP contribution in [0.15, 0.2) is 78.9 Å². The Kier molecular flexibility index (Phi) is 31.8. The smallest absolute Gasteiger partial charge is 0.410 e. The molecular formula is C68H103N11O15. The first-order valence-corrected chi connectivity index (χ1v) is 32.5. The van der Waals surface area contributed by atoms with Crippen LogP contribution in [0.3, 0.4) is 0 Å². The number of ether oxygens (including phenoxy) is 3. The Balaban J connectivity index is 1.37. The van der Waals surface area contributed by atoms with E-state index in [2.05, 4.69) is 38.5 Å². The highest BCUT2D eigenvalue weighted by molar-refractivity contribution is 6.12. The van der Waals surface area contributed by atoms with Crippen LogP contribution in [-0.2, 0) is 64.0 Å². The summed E-state index contributed by atoms with van der Waals surface area (Å²) in [6.45, 7) is 20.4. The molecule has 2 aliphatic heterocycles. The lowest BCUT2D eigenvalue weighted by molar-refractivity contribution is -0.148. The predicted octanol–water partition coefficient (Wildman–Crippen LogP) is 5.00. The predicted molar refractivity (Wildman–Crippen MR) is 353 cm³/mol. The van der Waals surface area contributed by atoms with E-state index in [4.69, 9.17) is 19.9 Å². The number of carbonyl (C=O) groups is 11. The first kappa shape index (κ1) is 78.2. The highest BCUT2D eigenvalue weighted by atomic mass is 16.6. The molecule has 4 rings (SSSR count). The monoisotopic (exact) mass is 1310 g/mol. The minimum absolute atomic E-state index is 0.0448. The number of anilines is 1. The quantitative estimate of drug-likeness (QED) is 0.0249.